The molecule has 0 aliphatic carbocycles. The van der Waals surface area contributed by atoms with Crippen LogP contribution in [0.2, 0.25) is 0 Å². The lowest BCUT2D eigenvalue weighted by Crippen LogP contribution is -2.40. The Hall–Kier alpha value is -3.17. The Morgan fingerprint density at radius 1 is 1.07 bits per heavy atom. The quantitative estimate of drug-likeness (QED) is 0.136. The first-order valence-electron chi connectivity index (χ1n) is 14.3. The van der Waals surface area contributed by atoms with Crippen LogP contribution in [0.5, 0.6) is 17.2 Å². The van der Waals surface area contributed by atoms with Gasteiger partial charge in [0.25, 0.3) is 5.56 Å². The Labute approximate surface area is 292 Å². The summed E-state index contributed by atoms with van der Waals surface area (Å²) >= 11 is 5.80. The molecule has 2 heterocycles. The lowest BCUT2D eigenvalue weighted by atomic mass is 9.95. The van der Waals surface area contributed by atoms with Crippen LogP contribution in [0.3, 0.4) is 0 Å². The van der Waals surface area contributed by atoms with Gasteiger partial charge < -0.3 is 18.9 Å². The van der Waals surface area contributed by atoms with Crippen LogP contribution in [0.25, 0.3) is 6.08 Å². The van der Waals surface area contributed by atoms with Crippen molar-refractivity contribution < 1.29 is 23.7 Å². The summed E-state index contributed by atoms with van der Waals surface area (Å²) in [6, 6.07) is 18.7. The number of carbonyl (C=O) groups excluding carboxylic acids is 1. The van der Waals surface area contributed by atoms with E-state index in [2.05, 4.69) is 45.2 Å². The van der Waals surface area contributed by atoms with Gasteiger partial charge in [-0.2, -0.15) is 0 Å². The van der Waals surface area contributed by atoms with Gasteiger partial charge in [0.05, 0.1) is 48.8 Å². The normalized spacial score (nSPS) is 14.7. The molecule has 1 aromatic heterocycles. The number of esters is 1. The van der Waals surface area contributed by atoms with Crippen LogP contribution in [0.1, 0.15) is 50.4 Å². The van der Waals surface area contributed by atoms with E-state index in [4.69, 9.17) is 23.9 Å². The zero-order chi connectivity index (χ0) is 32.2. The number of ether oxygens (including phenoxy) is 4. The molecular weight excluding hydrogens is 818 g/mol. The van der Waals surface area contributed by atoms with Crippen LogP contribution < -0.4 is 29.1 Å². The minimum absolute atomic E-state index is 0.0599. The zero-order valence-corrected chi connectivity index (χ0v) is 30.6. The van der Waals surface area contributed by atoms with Gasteiger partial charge >= 0.3 is 5.97 Å². The number of allylic oxidation sites excluding steroid dienone is 1. The van der Waals surface area contributed by atoms with Gasteiger partial charge in [0, 0.05) is 0 Å². The standard InChI is InChI=1S/C34H32I2N2O6S/c1-6-42-33(40)29-20(4)37-34-38(30(29)23-12-13-26(44-19(2)3)27(17-23)41-5)32(39)28(45-34)16-22-14-24(35)31(25(36)15-22)43-18-21-10-8-7-9-11-21/h7-17,19,30H,6,18H2,1-5H3/b28-16-/t30-/m0/s1. The van der Waals surface area contributed by atoms with Crippen LogP contribution >= 0.6 is 56.5 Å². The van der Waals surface area contributed by atoms with Crippen LogP contribution in [0.4, 0.5) is 0 Å². The van der Waals surface area contributed by atoms with E-state index in [1.165, 1.54) is 11.3 Å². The van der Waals surface area contributed by atoms with E-state index in [1.54, 1.807) is 37.7 Å². The Balaban J connectivity index is 1.59. The van der Waals surface area contributed by atoms with Crippen molar-refractivity contribution in [3.05, 3.63) is 115 Å². The summed E-state index contributed by atoms with van der Waals surface area (Å²) in [6.07, 6.45) is 1.80. The number of nitrogens with zero attached hydrogens (tertiary/aromatic N) is 2. The maximum absolute atomic E-state index is 14.1. The van der Waals surface area contributed by atoms with Crippen LogP contribution in [0.15, 0.2) is 81.7 Å². The molecule has 1 aliphatic rings. The van der Waals surface area contributed by atoms with Gasteiger partial charge in [-0.3, -0.25) is 9.36 Å². The molecular formula is C34H32I2N2O6S. The van der Waals surface area contributed by atoms with E-state index in [9.17, 15) is 9.59 Å². The van der Waals surface area contributed by atoms with Crippen molar-refractivity contribution in [3.63, 3.8) is 0 Å². The number of halogens is 2. The number of rotatable bonds is 10. The molecule has 234 valence electrons. The Morgan fingerprint density at radius 3 is 2.42 bits per heavy atom. The van der Waals surface area contributed by atoms with Crippen LogP contribution in [-0.2, 0) is 16.1 Å². The maximum atomic E-state index is 14.1. The summed E-state index contributed by atoms with van der Waals surface area (Å²) in [5.74, 6) is 1.35. The minimum atomic E-state index is -0.765. The number of aromatic nitrogens is 1. The van der Waals surface area contributed by atoms with Crippen molar-refractivity contribution in [1.82, 2.24) is 4.57 Å². The molecule has 1 aliphatic heterocycles. The van der Waals surface area contributed by atoms with Gasteiger partial charge in [-0.05, 0) is 120 Å². The molecule has 0 unspecified atom stereocenters. The number of hydrogen-bond donors (Lipinski definition) is 0. The van der Waals surface area contributed by atoms with E-state index in [0.29, 0.717) is 44.3 Å². The predicted octanol–water partition coefficient (Wildman–Crippen LogP) is 6.38. The van der Waals surface area contributed by atoms with Gasteiger partial charge in [-0.15, -0.1) is 0 Å². The van der Waals surface area contributed by atoms with Crippen molar-refractivity contribution in [2.24, 2.45) is 4.99 Å². The number of thiazole rings is 1. The second kappa shape index (κ2) is 14.5. The van der Waals surface area contributed by atoms with Gasteiger partial charge in [-0.1, -0.05) is 47.7 Å². The fraction of sp³-hybridized carbons (Fsp3) is 0.265. The molecule has 0 saturated carbocycles. The lowest BCUT2D eigenvalue weighted by Gasteiger charge is -2.25. The summed E-state index contributed by atoms with van der Waals surface area (Å²) in [4.78, 5) is 32.6. The zero-order valence-electron chi connectivity index (χ0n) is 25.4. The highest BCUT2D eigenvalue weighted by atomic mass is 127. The molecule has 5 rings (SSSR count). The largest absolute Gasteiger partial charge is 0.493 e. The number of hydrogen-bond acceptors (Lipinski definition) is 8. The first kappa shape index (κ1) is 33.2. The smallest absolute Gasteiger partial charge is 0.338 e. The van der Waals surface area contributed by atoms with Crippen LogP contribution in [-0.4, -0.2) is 30.4 Å². The average Bonchev–Trinajstić information content (AvgIpc) is 3.30. The summed E-state index contributed by atoms with van der Waals surface area (Å²) in [5, 5.41) is 0. The number of methoxy groups -OCH3 is 1. The summed E-state index contributed by atoms with van der Waals surface area (Å²) in [6.45, 7) is 8.04. The van der Waals surface area contributed by atoms with E-state index in [-0.39, 0.29) is 18.3 Å². The summed E-state index contributed by atoms with van der Waals surface area (Å²) < 4.78 is 27.1. The van der Waals surface area contributed by atoms with Crippen molar-refractivity contribution in [1.29, 1.82) is 0 Å². The monoisotopic (exact) mass is 850 g/mol. The molecule has 0 amide bonds. The molecule has 0 radical (unpaired) electrons. The third kappa shape index (κ3) is 7.30. The Bertz CT molecular complexity index is 1930. The SMILES string of the molecule is CCOC(=O)C1=C(C)N=c2s/c(=C\c3cc(I)c(OCc4ccccc4)c(I)c3)c(=O)n2[C@H]1c1ccc(OC(C)C)c(OC)c1. The fourth-order valence-electron chi connectivity index (χ4n) is 4.99. The first-order chi connectivity index (χ1) is 21.6. The molecule has 0 N–H and O–H groups in total. The van der Waals surface area contributed by atoms with Crippen LogP contribution in [0, 0.1) is 7.14 Å². The molecule has 11 heteroatoms. The minimum Gasteiger partial charge on any atom is -0.493 e. The topological polar surface area (TPSA) is 88.4 Å². The number of benzene rings is 3. The second-order valence-electron chi connectivity index (χ2n) is 10.5. The molecule has 0 fully saturated rings. The maximum Gasteiger partial charge on any atom is 0.338 e. The van der Waals surface area contributed by atoms with E-state index < -0.39 is 12.0 Å². The molecule has 3 aromatic carbocycles. The highest BCUT2D eigenvalue weighted by molar-refractivity contribution is 14.1. The predicted molar refractivity (Wildman–Crippen MR) is 192 cm³/mol. The molecule has 45 heavy (non-hydrogen) atoms. The molecule has 1 atom stereocenters. The number of fused-ring (bicyclic) bond motifs is 1. The molecule has 0 spiro atoms. The molecule has 0 bridgehead atoms. The van der Waals surface area contributed by atoms with Crippen molar-refractivity contribution >= 4 is 68.6 Å². The Morgan fingerprint density at radius 2 is 1.78 bits per heavy atom. The van der Waals surface area contributed by atoms with E-state index in [1.807, 2.05) is 68.5 Å². The fourth-order valence-corrected chi connectivity index (χ4v) is 8.17. The second-order valence-corrected chi connectivity index (χ2v) is 13.8. The number of carbonyl (C=O) groups is 1. The third-order valence-electron chi connectivity index (χ3n) is 6.93. The van der Waals surface area contributed by atoms with Gasteiger partial charge in [-0.25, -0.2) is 9.79 Å². The van der Waals surface area contributed by atoms with Crippen molar-refractivity contribution in [3.8, 4) is 17.2 Å². The van der Waals surface area contributed by atoms with E-state index in [0.717, 1.165) is 24.0 Å². The summed E-state index contributed by atoms with van der Waals surface area (Å²) in [5.41, 5.74) is 3.17. The Kier molecular flexibility index (Phi) is 10.7. The summed E-state index contributed by atoms with van der Waals surface area (Å²) in [7, 11) is 1.56. The van der Waals surface area contributed by atoms with E-state index >= 15 is 0 Å². The van der Waals surface area contributed by atoms with Gasteiger partial charge in [0.1, 0.15) is 12.4 Å². The van der Waals surface area contributed by atoms with Crippen molar-refractivity contribution in [2.75, 3.05) is 13.7 Å². The average molecular weight is 851 g/mol. The molecule has 0 saturated heterocycles. The molecule has 8 nitrogen and oxygen atoms in total. The molecule has 4 aromatic rings. The third-order valence-corrected chi connectivity index (χ3v) is 9.51. The highest BCUT2D eigenvalue weighted by Crippen LogP contribution is 2.37. The van der Waals surface area contributed by atoms with Crippen molar-refractivity contribution in [2.45, 2.75) is 46.4 Å². The lowest BCUT2D eigenvalue weighted by molar-refractivity contribution is -0.139. The highest BCUT2D eigenvalue weighted by Gasteiger charge is 2.34. The first-order valence-corrected chi connectivity index (χ1v) is 17.3. The van der Waals surface area contributed by atoms with Gasteiger partial charge in [0.2, 0.25) is 0 Å². The van der Waals surface area contributed by atoms with Gasteiger partial charge in [0.15, 0.2) is 16.3 Å².